The maximum Gasteiger partial charge on any atom is 0.415 e. The number of thiazole rings is 1. The molecule has 1 aliphatic rings. The molecule has 1 saturated heterocycles. The maximum atomic E-state index is 12.1. The summed E-state index contributed by atoms with van der Waals surface area (Å²) in [7, 11) is 0. The second-order valence-electron chi connectivity index (χ2n) is 6.62. The first-order valence-electron chi connectivity index (χ1n) is 8.50. The lowest BCUT2D eigenvalue weighted by Crippen LogP contribution is -2.37. The summed E-state index contributed by atoms with van der Waals surface area (Å²) in [6, 6.07) is 1.64. The summed E-state index contributed by atoms with van der Waals surface area (Å²) in [6.07, 6.45) is 5.24. The SMILES string of the molecule is CC(C)C1COC(=O)N1c1ccnc(N[C@@H](C)c2cn3ccsc3n2)n1. The topological polar surface area (TPSA) is 84.7 Å². The predicted octanol–water partition coefficient (Wildman–Crippen LogP) is 3.34. The molecule has 1 N–H and O–H groups in total. The van der Waals surface area contributed by atoms with E-state index in [1.165, 1.54) is 0 Å². The van der Waals surface area contributed by atoms with Gasteiger partial charge in [0, 0.05) is 24.0 Å². The van der Waals surface area contributed by atoms with Crippen LogP contribution in [-0.2, 0) is 4.74 Å². The van der Waals surface area contributed by atoms with Crippen molar-refractivity contribution in [1.82, 2.24) is 19.4 Å². The van der Waals surface area contributed by atoms with Gasteiger partial charge < -0.3 is 10.1 Å². The van der Waals surface area contributed by atoms with Gasteiger partial charge in [-0.1, -0.05) is 13.8 Å². The number of aromatic nitrogens is 4. The maximum absolute atomic E-state index is 12.1. The molecular formula is C17H20N6O2S. The van der Waals surface area contributed by atoms with Crippen LogP contribution in [0.5, 0.6) is 0 Å². The number of cyclic esters (lactones) is 1. The summed E-state index contributed by atoms with van der Waals surface area (Å²) in [6.45, 7) is 6.51. The molecule has 3 aromatic heterocycles. The highest BCUT2D eigenvalue weighted by Gasteiger charge is 2.37. The molecule has 1 aliphatic heterocycles. The predicted molar refractivity (Wildman–Crippen MR) is 99.6 cm³/mol. The summed E-state index contributed by atoms with van der Waals surface area (Å²) in [4.78, 5) is 28.1. The highest BCUT2D eigenvalue weighted by atomic mass is 32.1. The number of carbonyl (C=O) groups excluding carboxylic acids is 1. The number of carbonyl (C=O) groups is 1. The van der Waals surface area contributed by atoms with Gasteiger partial charge in [0.25, 0.3) is 0 Å². The Hall–Kier alpha value is -2.68. The Labute approximate surface area is 154 Å². The molecule has 0 radical (unpaired) electrons. The molecule has 1 fully saturated rings. The van der Waals surface area contributed by atoms with Gasteiger partial charge >= 0.3 is 6.09 Å². The number of hydrogen-bond acceptors (Lipinski definition) is 7. The molecule has 0 saturated carbocycles. The zero-order valence-electron chi connectivity index (χ0n) is 14.8. The summed E-state index contributed by atoms with van der Waals surface area (Å²) in [5.74, 6) is 1.26. The van der Waals surface area contributed by atoms with E-state index in [0.717, 1.165) is 10.7 Å². The van der Waals surface area contributed by atoms with Crippen LogP contribution in [0.25, 0.3) is 4.96 Å². The van der Waals surface area contributed by atoms with Crippen LogP contribution in [0.4, 0.5) is 16.6 Å². The Bertz CT molecular complexity index is 908. The summed E-state index contributed by atoms with van der Waals surface area (Å²) in [5.41, 5.74) is 0.909. The van der Waals surface area contributed by atoms with Crippen LogP contribution in [0.3, 0.4) is 0 Å². The number of ether oxygens (including phenoxy) is 1. The minimum atomic E-state index is -0.365. The van der Waals surface area contributed by atoms with Gasteiger partial charge in [-0.15, -0.1) is 11.3 Å². The largest absolute Gasteiger partial charge is 0.447 e. The molecule has 26 heavy (non-hydrogen) atoms. The average Bonchev–Trinajstić information content (AvgIpc) is 3.28. The van der Waals surface area contributed by atoms with Gasteiger partial charge in [0.1, 0.15) is 12.4 Å². The molecule has 4 heterocycles. The normalized spacial score (nSPS) is 18.5. The molecule has 4 rings (SSSR count). The highest BCUT2D eigenvalue weighted by Crippen LogP contribution is 2.26. The molecule has 0 aliphatic carbocycles. The number of hydrogen-bond donors (Lipinski definition) is 1. The van der Waals surface area contributed by atoms with Crippen LogP contribution in [0.15, 0.2) is 30.0 Å². The van der Waals surface area contributed by atoms with Crippen LogP contribution in [0, 0.1) is 5.92 Å². The van der Waals surface area contributed by atoms with E-state index in [1.807, 2.05) is 29.1 Å². The third-order valence-corrected chi connectivity index (χ3v) is 5.24. The number of imidazole rings is 1. The fraction of sp³-hybridized carbons (Fsp3) is 0.412. The lowest BCUT2D eigenvalue weighted by Gasteiger charge is -2.23. The number of rotatable bonds is 5. The zero-order chi connectivity index (χ0) is 18.3. The van der Waals surface area contributed by atoms with Gasteiger partial charge in [0.2, 0.25) is 5.95 Å². The van der Waals surface area contributed by atoms with Gasteiger partial charge in [-0.25, -0.2) is 14.8 Å². The Balaban J connectivity index is 1.55. The quantitative estimate of drug-likeness (QED) is 0.739. The third-order valence-electron chi connectivity index (χ3n) is 4.46. The number of amides is 1. The summed E-state index contributed by atoms with van der Waals surface area (Å²) >= 11 is 1.59. The van der Waals surface area contributed by atoms with Gasteiger partial charge in [-0.2, -0.15) is 4.98 Å². The van der Waals surface area contributed by atoms with Crippen molar-refractivity contribution >= 4 is 34.2 Å². The van der Waals surface area contributed by atoms with Crippen molar-refractivity contribution < 1.29 is 9.53 Å². The van der Waals surface area contributed by atoms with Crippen molar-refractivity contribution in [2.24, 2.45) is 5.92 Å². The van der Waals surface area contributed by atoms with E-state index >= 15 is 0 Å². The Morgan fingerprint density at radius 3 is 2.96 bits per heavy atom. The number of nitrogens with zero attached hydrogens (tertiary/aromatic N) is 5. The van der Waals surface area contributed by atoms with E-state index in [-0.39, 0.29) is 24.1 Å². The van der Waals surface area contributed by atoms with Gasteiger partial charge in [0.15, 0.2) is 4.96 Å². The second-order valence-corrected chi connectivity index (χ2v) is 7.49. The smallest absolute Gasteiger partial charge is 0.415 e. The molecule has 0 spiro atoms. The first-order chi connectivity index (χ1) is 12.5. The first-order valence-corrected chi connectivity index (χ1v) is 9.38. The molecular weight excluding hydrogens is 352 g/mol. The molecule has 0 aromatic carbocycles. The molecule has 1 amide bonds. The molecule has 1 unspecified atom stereocenters. The lowest BCUT2D eigenvalue weighted by atomic mass is 10.0. The van der Waals surface area contributed by atoms with Crippen LogP contribution < -0.4 is 10.2 Å². The van der Waals surface area contributed by atoms with Crippen LogP contribution >= 0.6 is 11.3 Å². The van der Waals surface area contributed by atoms with Crippen molar-refractivity contribution in [3.05, 3.63) is 35.7 Å². The van der Waals surface area contributed by atoms with Crippen LogP contribution in [-0.4, -0.2) is 38.1 Å². The molecule has 2 atom stereocenters. The van der Waals surface area contributed by atoms with Crippen molar-refractivity contribution in [2.45, 2.75) is 32.9 Å². The van der Waals surface area contributed by atoms with E-state index in [4.69, 9.17) is 4.74 Å². The van der Waals surface area contributed by atoms with E-state index in [0.29, 0.717) is 18.4 Å². The van der Waals surface area contributed by atoms with E-state index in [2.05, 4.69) is 34.1 Å². The number of fused-ring (bicyclic) bond motifs is 1. The zero-order valence-corrected chi connectivity index (χ0v) is 15.6. The van der Waals surface area contributed by atoms with Crippen molar-refractivity contribution in [1.29, 1.82) is 0 Å². The summed E-state index contributed by atoms with van der Waals surface area (Å²) < 4.78 is 7.19. The molecule has 0 bridgehead atoms. The van der Waals surface area contributed by atoms with Gasteiger partial charge in [0.05, 0.1) is 17.8 Å². The Morgan fingerprint density at radius 1 is 1.35 bits per heavy atom. The molecule has 8 nitrogen and oxygen atoms in total. The highest BCUT2D eigenvalue weighted by molar-refractivity contribution is 7.15. The standard InChI is InChI=1S/C17H20N6O2S/c1-10(2)13-9-25-17(24)23(13)14-4-5-18-15(21-14)19-11(3)12-8-22-6-7-26-16(22)20-12/h4-8,10-11,13H,9H2,1-3H3,(H,18,19,21)/t11-,13?/m0/s1. The minimum Gasteiger partial charge on any atom is -0.447 e. The van der Waals surface area contributed by atoms with Crippen molar-refractivity contribution in [3.63, 3.8) is 0 Å². The number of nitrogens with one attached hydrogen (secondary N) is 1. The molecule has 136 valence electrons. The van der Waals surface area contributed by atoms with Gasteiger partial charge in [-0.3, -0.25) is 9.30 Å². The molecule has 3 aromatic rings. The average molecular weight is 372 g/mol. The molecule has 9 heteroatoms. The third kappa shape index (κ3) is 2.98. The first kappa shape index (κ1) is 16.8. The Morgan fingerprint density at radius 2 is 2.19 bits per heavy atom. The Kier molecular flexibility index (Phi) is 4.23. The minimum absolute atomic E-state index is 0.0254. The van der Waals surface area contributed by atoms with E-state index < -0.39 is 0 Å². The van der Waals surface area contributed by atoms with Crippen LogP contribution in [0.2, 0.25) is 0 Å². The summed E-state index contributed by atoms with van der Waals surface area (Å²) in [5, 5.41) is 5.26. The lowest BCUT2D eigenvalue weighted by molar-refractivity contribution is 0.177. The van der Waals surface area contributed by atoms with Crippen molar-refractivity contribution in [3.8, 4) is 0 Å². The number of anilines is 2. The van der Waals surface area contributed by atoms with Crippen LogP contribution in [0.1, 0.15) is 32.5 Å². The second kappa shape index (κ2) is 6.56. The monoisotopic (exact) mass is 372 g/mol. The van der Waals surface area contributed by atoms with Gasteiger partial charge in [-0.05, 0) is 18.9 Å². The fourth-order valence-corrected chi connectivity index (χ4v) is 3.67. The fourth-order valence-electron chi connectivity index (χ4n) is 2.96. The van der Waals surface area contributed by atoms with E-state index in [9.17, 15) is 4.79 Å². The van der Waals surface area contributed by atoms with Crippen molar-refractivity contribution in [2.75, 3.05) is 16.8 Å². The van der Waals surface area contributed by atoms with E-state index in [1.54, 1.807) is 28.5 Å².